The number of carbonyl (C=O) groups is 2. The number of hydrogen-bond acceptors (Lipinski definition) is 5. The van der Waals surface area contributed by atoms with Crippen molar-refractivity contribution in [1.82, 2.24) is 15.2 Å². The number of piperazine rings is 1. The van der Waals surface area contributed by atoms with Crippen LogP contribution in [-0.4, -0.2) is 54.9 Å². The molecule has 0 bridgehead atoms. The number of rotatable bonds is 2. The van der Waals surface area contributed by atoms with Crippen LogP contribution in [0.4, 0.5) is 5.82 Å². The summed E-state index contributed by atoms with van der Waals surface area (Å²) in [6.07, 6.45) is 1.37. The highest BCUT2D eigenvalue weighted by molar-refractivity contribution is 6.35. The van der Waals surface area contributed by atoms with E-state index in [0.29, 0.717) is 5.57 Å². The van der Waals surface area contributed by atoms with E-state index in [1.54, 1.807) is 0 Å². The molecule has 2 aliphatic rings. The third-order valence-corrected chi connectivity index (χ3v) is 4.58. The fraction of sp³-hybridized carbons (Fsp3) is 0.278. The molecule has 6 heteroatoms. The summed E-state index contributed by atoms with van der Waals surface area (Å²) >= 11 is 0. The maximum atomic E-state index is 12.1. The zero-order valence-electron chi connectivity index (χ0n) is 13.5. The standard InChI is InChI=1S/C18H18N4O2/c1-21-6-8-22(9-7-21)16-10-13(14-11-17(23)20-18(14)24)12-4-2-3-5-15(12)19-16/h2-5,10-11H,6-9H2,1H3,(H,20,23,24). The van der Waals surface area contributed by atoms with Crippen LogP contribution in [0.3, 0.4) is 0 Å². The van der Waals surface area contributed by atoms with Crippen molar-refractivity contribution in [2.45, 2.75) is 0 Å². The van der Waals surface area contributed by atoms with Crippen molar-refractivity contribution in [3.8, 4) is 0 Å². The van der Waals surface area contributed by atoms with Crippen molar-refractivity contribution < 1.29 is 9.59 Å². The van der Waals surface area contributed by atoms with E-state index >= 15 is 0 Å². The van der Waals surface area contributed by atoms with Crippen LogP contribution in [0.15, 0.2) is 36.4 Å². The molecule has 0 radical (unpaired) electrons. The SMILES string of the molecule is CN1CCN(c2cc(C3=CC(=O)NC3=O)c3ccccc3n2)CC1. The average Bonchev–Trinajstić information content (AvgIpc) is 2.93. The summed E-state index contributed by atoms with van der Waals surface area (Å²) in [5.74, 6) is 0.141. The average molecular weight is 322 g/mol. The van der Waals surface area contributed by atoms with Crippen LogP contribution in [0.1, 0.15) is 5.56 Å². The molecule has 0 aliphatic carbocycles. The minimum Gasteiger partial charge on any atom is -0.354 e. The topological polar surface area (TPSA) is 65.5 Å². The molecule has 0 unspecified atom stereocenters. The molecule has 0 spiro atoms. The van der Waals surface area contributed by atoms with Gasteiger partial charge in [-0.15, -0.1) is 0 Å². The third kappa shape index (κ3) is 2.55. The fourth-order valence-electron chi connectivity index (χ4n) is 3.19. The van der Waals surface area contributed by atoms with E-state index in [1.165, 1.54) is 6.08 Å². The number of nitrogens with zero attached hydrogens (tertiary/aromatic N) is 3. The molecule has 122 valence electrons. The highest BCUT2D eigenvalue weighted by Gasteiger charge is 2.25. The quantitative estimate of drug-likeness (QED) is 0.837. The molecule has 24 heavy (non-hydrogen) atoms. The number of anilines is 1. The van der Waals surface area contributed by atoms with Gasteiger partial charge in [0.2, 0.25) is 0 Å². The molecule has 1 N–H and O–H groups in total. The molecule has 1 fully saturated rings. The van der Waals surface area contributed by atoms with Crippen LogP contribution in [0.5, 0.6) is 0 Å². The Balaban J connectivity index is 1.84. The van der Waals surface area contributed by atoms with Crippen molar-refractivity contribution in [3.05, 3.63) is 42.0 Å². The van der Waals surface area contributed by atoms with E-state index in [1.807, 2.05) is 30.3 Å². The number of nitrogens with one attached hydrogen (secondary N) is 1. The lowest BCUT2D eigenvalue weighted by Crippen LogP contribution is -2.44. The van der Waals surface area contributed by atoms with Gasteiger partial charge in [0.1, 0.15) is 5.82 Å². The summed E-state index contributed by atoms with van der Waals surface area (Å²) in [6.45, 7) is 3.74. The Bertz CT molecular complexity index is 866. The summed E-state index contributed by atoms with van der Waals surface area (Å²) in [4.78, 5) is 32.9. The molecule has 2 aromatic rings. The van der Waals surface area contributed by atoms with Crippen molar-refractivity contribution in [1.29, 1.82) is 0 Å². The van der Waals surface area contributed by atoms with Gasteiger partial charge in [-0.05, 0) is 19.2 Å². The highest BCUT2D eigenvalue weighted by Crippen LogP contribution is 2.30. The van der Waals surface area contributed by atoms with Crippen LogP contribution in [0.2, 0.25) is 0 Å². The number of likely N-dealkylation sites (N-methyl/N-ethyl adjacent to an activating group) is 1. The predicted molar refractivity (Wildman–Crippen MR) is 92.6 cm³/mol. The zero-order chi connectivity index (χ0) is 16.7. The Kier molecular flexibility index (Phi) is 3.54. The Morgan fingerprint density at radius 1 is 1.08 bits per heavy atom. The molecular formula is C18H18N4O2. The second-order valence-corrected chi connectivity index (χ2v) is 6.21. The first kappa shape index (κ1) is 14.8. The Morgan fingerprint density at radius 2 is 1.83 bits per heavy atom. The number of hydrogen-bond donors (Lipinski definition) is 1. The summed E-state index contributed by atoms with van der Waals surface area (Å²) in [5, 5.41) is 3.20. The second-order valence-electron chi connectivity index (χ2n) is 6.21. The van der Waals surface area contributed by atoms with E-state index in [-0.39, 0.29) is 11.8 Å². The van der Waals surface area contributed by atoms with Crippen LogP contribution in [0, 0.1) is 0 Å². The third-order valence-electron chi connectivity index (χ3n) is 4.58. The van der Waals surface area contributed by atoms with Gasteiger partial charge in [-0.25, -0.2) is 4.98 Å². The molecule has 0 atom stereocenters. The van der Waals surface area contributed by atoms with Gasteiger partial charge < -0.3 is 9.80 Å². The lowest BCUT2D eigenvalue weighted by molar-refractivity contribution is -0.123. The van der Waals surface area contributed by atoms with E-state index in [2.05, 4.69) is 22.2 Å². The number of imide groups is 1. The number of pyridine rings is 1. The van der Waals surface area contributed by atoms with Gasteiger partial charge in [0.15, 0.2) is 0 Å². The smallest absolute Gasteiger partial charge is 0.258 e. The van der Waals surface area contributed by atoms with Crippen LogP contribution >= 0.6 is 0 Å². The molecule has 1 aromatic heterocycles. The largest absolute Gasteiger partial charge is 0.354 e. The van der Waals surface area contributed by atoms with Crippen LogP contribution in [0.25, 0.3) is 16.5 Å². The second kappa shape index (κ2) is 5.72. The van der Waals surface area contributed by atoms with E-state index < -0.39 is 0 Å². The summed E-state index contributed by atoms with van der Waals surface area (Å²) in [7, 11) is 2.11. The van der Waals surface area contributed by atoms with E-state index in [0.717, 1.165) is 48.5 Å². The molecule has 6 nitrogen and oxygen atoms in total. The maximum absolute atomic E-state index is 12.1. The number of amides is 2. The number of aromatic nitrogens is 1. The number of benzene rings is 1. The molecule has 2 aliphatic heterocycles. The predicted octanol–water partition coefficient (Wildman–Crippen LogP) is 1.03. The zero-order valence-corrected chi connectivity index (χ0v) is 13.5. The highest BCUT2D eigenvalue weighted by atomic mass is 16.2. The molecule has 3 heterocycles. The molecule has 0 saturated carbocycles. The Labute approximate surface area is 139 Å². The fourth-order valence-corrected chi connectivity index (χ4v) is 3.19. The normalized spacial score (nSPS) is 18.9. The summed E-state index contributed by atoms with van der Waals surface area (Å²) < 4.78 is 0. The minimum atomic E-state index is -0.364. The first-order chi connectivity index (χ1) is 11.6. The van der Waals surface area contributed by atoms with Gasteiger partial charge in [-0.3, -0.25) is 14.9 Å². The summed E-state index contributed by atoms with van der Waals surface area (Å²) in [5.41, 5.74) is 2.00. The molecule has 4 rings (SSSR count). The van der Waals surface area contributed by atoms with E-state index in [9.17, 15) is 9.59 Å². The lowest BCUT2D eigenvalue weighted by Gasteiger charge is -2.33. The van der Waals surface area contributed by atoms with Gasteiger partial charge in [0.05, 0.1) is 11.1 Å². The minimum absolute atomic E-state index is 0.347. The molecule has 1 saturated heterocycles. The van der Waals surface area contributed by atoms with Crippen LogP contribution < -0.4 is 10.2 Å². The monoisotopic (exact) mass is 322 g/mol. The van der Waals surface area contributed by atoms with Gasteiger partial charge in [-0.1, -0.05) is 18.2 Å². The first-order valence-corrected chi connectivity index (χ1v) is 8.02. The Morgan fingerprint density at radius 3 is 2.54 bits per heavy atom. The first-order valence-electron chi connectivity index (χ1n) is 8.02. The van der Waals surface area contributed by atoms with Crippen molar-refractivity contribution in [2.75, 3.05) is 38.1 Å². The van der Waals surface area contributed by atoms with Gasteiger partial charge >= 0.3 is 0 Å². The van der Waals surface area contributed by atoms with Crippen molar-refractivity contribution >= 4 is 34.1 Å². The van der Waals surface area contributed by atoms with E-state index in [4.69, 9.17) is 4.98 Å². The molecule has 1 aromatic carbocycles. The van der Waals surface area contributed by atoms with Gasteiger partial charge in [0, 0.05) is 43.2 Å². The van der Waals surface area contributed by atoms with Crippen LogP contribution in [-0.2, 0) is 9.59 Å². The molecular weight excluding hydrogens is 304 g/mol. The summed E-state index contributed by atoms with van der Waals surface area (Å²) in [6, 6.07) is 9.65. The Hall–Kier alpha value is -2.73. The lowest BCUT2D eigenvalue weighted by atomic mass is 10.0. The van der Waals surface area contributed by atoms with Crippen molar-refractivity contribution in [2.24, 2.45) is 0 Å². The number of carbonyl (C=O) groups excluding carboxylic acids is 2. The number of fused-ring (bicyclic) bond motifs is 1. The van der Waals surface area contributed by atoms with Gasteiger partial charge in [-0.2, -0.15) is 0 Å². The number of para-hydroxylation sites is 1. The van der Waals surface area contributed by atoms with Crippen molar-refractivity contribution in [3.63, 3.8) is 0 Å². The molecule has 2 amide bonds. The van der Waals surface area contributed by atoms with Gasteiger partial charge in [0.25, 0.3) is 11.8 Å². The maximum Gasteiger partial charge on any atom is 0.258 e.